The van der Waals surface area contributed by atoms with E-state index in [4.69, 9.17) is 9.15 Å². The van der Waals surface area contributed by atoms with Crippen molar-refractivity contribution in [1.29, 1.82) is 0 Å². The van der Waals surface area contributed by atoms with Crippen molar-refractivity contribution < 1.29 is 27.2 Å². The fourth-order valence-corrected chi connectivity index (χ4v) is 4.59. The molecule has 28 heavy (non-hydrogen) atoms. The van der Waals surface area contributed by atoms with Crippen LogP contribution in [0.25, 0.3) is 0 Å². The van der Waals surface area contributed by atoms with Gasteiger partial charge in [0.15, 0.2) is 15.9 Å². The van der Waals surface area contributed by atoms with Crippen molar-refractivity contribution >= 4 is 27.4 Å². The van der Waals surface area contributed by atoms with E-state index in [1.54, 1.807) is 36.6 Å². The van der Waals surface area contributed by atoms with Crippen molar-refractivity contribution in [2.45, 2.75) is 32.0 Å². The lowest BCUT2D eigenvalue weighted by atomic mass is 10.1. The van der Waals surface area contributed by atoms with Crippen molar-refractivity contribution in [3.63, 3.8) is 0 Å². The van der Waals surface area contributed by atoms with Crippen molar-refractivity contribution in [3.05, 3.63) is 54.0 Å². The maximum Gasteiger partial charge on any atom is 0.341 e. The van der Waals surface area contributed by atoms with Crippen LogP contribution in [0.1, 0.15) is 29.5 Å². The number of anilines is 1. The minimum absolute atomic E-state index is 0.0564. The molecule has 0 radical (unpaired) electrons. The number of ether oxygens (including phenoxy) is 1. The molecule has 1 amide bonds. The lowest BCUT2D eigenvalue weighted by molar-refractivity contribution is -0.129. The second-order valence-corrected chi connectivity index (χ2v) is 8.86. The third kappa shape index (κ3) is 5.13. The van der Waals surface area contributed by atoms with E-state index in [1.165, 1.54) is 6.92 Å². The highest BCUT2D eigenvalue weighted by Gasteiger charge is 2.31. The number of benzene rings is 1. The maximum atomic E-state index is 12.5. The summed E-state index contributed by atoms with van der Waals surface area (Å²) in [5, 5.41) is 5.73. The molecule has 1 saturated heterocycles. The molecule has 1 aliphatic heterocycles. The number of carbonyl (C=O) groups is 2. The first kappa shape index (κ1) is 19.9. The summed E-state index contributed by atoms with van der Waals surface area (Å²) >= 11 is 0. The Morgan fingerprint density at radius 2 is 2.04 bits per heavy atom. The Balaban J connectivity index is 1.58. The van der Waals surface area contributed by atoms with Crippen molar-refractivity contribution in [3.8, 4) is 0 Å². The molecule has 0 saturated carbocycles. The fourth-order valence-electron chi connectivity index (χ4n) is 2.92. The fraction of sp³-hybridized carbons (Fsp3) is 0.368. The number of carbonyl (C=O) groups excluding carboxylic acids is 2. The summed E-state index contributed by atoms with van der Waals surface area (Å²) in [5.74, 6) is -0.483. The third-order valence-electron chi connectivity index (χ3n) is 4.41. The molecule has 1 aromatic heterocycles. The van der Waals surface area contributed by atoms with Crippen LogP contribution >= 0.6 is 0 Å². The Bertz CT molecular complexity index is 939. The zero-order valence-electron chi connectivity index (χ0n) is 15.4. The monoisotopic (exact) mass is 406 g/mol. The molecule has 2 aromatic rings. The van der Waals surface area contributed by atoms with Gasteiger partial charge in [-0.05, 0) is 37.6 Å². The number of sulfone groups is 1. The van der Waals surface area contributed by atoms with Gasteiger partial charge < -0.3 is 19.8 Å². The second kappa shape index (κ2) is 8.47. The molecular formula is C19H22N2O6S. The van der Waals surface area contributed by atoms with Crippen molar-refractivity contribution in [1.82, 2.24) is 5.32 Å². The number of esters is 1. The minimum Gasteiger partial charge on any atom is -0.467 e. The van der Waals surface area contributed by atoms with Gasteiger partial charge in [0, 0.05) is 11.7 Å². The van der Waals surface area contributed by atoms with Gasteiger partial charge in [0.1, 0.15) is 5.76 Å². The van der Waals surface area contributed by atoms with E-state index in [0.29, 0.717) is 24.4 Å². The highest BCUT2D eigenvalue weighted by molar-refractivity contribution is 7.91. The number of amides is 1. The van der Waals surface area contributed by atoms with Gasteiger partial charge in [-0.1, -0.05) is 12.1 Å². The van der Waals surface area contributed by atoms with Crippen LogP contribution < -0.4 is 10.6 Å². The van der Waals surface area contributed by atoms with Crippen LogP contribution in [0, 0.1) is 0 Å². The zero-order chi connectivity index (χ0) is 20.1. The first-order valence-corrected chi connectivity index (χ1v) is 10.7. The molecule has 2 N–H and O–H groups in total. The van der Waals surface area contributed by atoms with Crippen LogP contribution in [0.3, 0.4) is 0 Å². The van der Waals surface area contributed by atoms with E-state index in [0.717, 1.165) is 0 Å². The first-order valence-electron chi connectivity index (χ1n) is 8.91. The number of para-hydroxylation sites is 1. The summed E-state index contributed by atoms with van der Waals surface area (Å²) < 4.78 is 33.5. The highest BCUT2D eigenvalue weighted by Crippen LogP contribution is 2.18. The van der Waals surface area contributed by atoms with Gasteiger partial charge in [0.2, 0.25) is 0 Å². The van der Waals surface area contributed by atoms with E-state index < -0.39 is 33.9 Å². The van der Waals surface area contributed by atoms with Gasteiger partial charge in [-0.15, -0.1) is 0 Å². The van der Waals surface area contributed by atoms with E-state index >= 15 is 0 Å². The van der Waals surface area contributed by atoms with Gasteiger partial charge >= 0.3 is 5.97 Å². The Morgan fingerprint density at radius 1 is 1.25 bits per heavy atom. The molecule has 9 heteroatoms. The van der Waals surface area contributed by atoms with Gasteiger partial charge in [-0.25, -0.2) is 13.2 Å². The smallest absolute Gasteiger partial charge is 0.341 e. The molecule has 2 heterocycles. The zero-order valence-corrected chi connectivity index (χ0v) is 16.2. The predicted molar refractivity (Wildman–Crippen MR) is 103 cm³/mol. The quantitative estimate of drug-likeness (QED) is 0.673. The Kier molecular flexibility index (Phi) is 6.03. The average molecular weight is 406 g/mol. The van der Waals surface area contributed by atoms with Crippen LogP contribution in [-0.2, 0) is 25.9 Å². The van der Waals surface area contributed by atoms with Crippen LogP contribution in [0.4, 0.5) is 5.69 Å². The van der Waals surface area contributed by atoms with Crippen molar-refractivity contribution in [2.24, 2.45) is 0 Å². The standard InChI is InChI=1S/C19H22N2O6S/c1-13(18(22)21-14-8-10-28(24,25)12-14)27-19(23)16-6-2-3-7-17(16)20-11-15-5-4-9-26-15/h2-7,9,13-14,20H,8,10-12H2,1H3,(H,21,22)/t13-,14-/m1/s1. The van der Waals surface area contributed by atoms with E-state index in [9.17, 15) is 18.0 Å². The summed E-state index contributed by atoms with van der Waals surface area (Å²) in [6, 6.07) is 9.94. The Morgan fingerprint density at radius 3 is 2.71 bits per heavy atom. The maximum absolute atomic E-state index is 12.5. The van der Waals surface area contributed by atoms with Gasteiger partial charge in [-0.3, -0.25) is 4.79 Å². The van der Waals surface area contributed by atoms with E-state index in [-0.39, 0.29) is 17.1 Å². The van der Waals surface area contributed by atoms with E-state index in [2.05, 4.69) is 10.6 Å². The number of hydrogen-bond donors (Lipinski definition) is 2. The predicted octanol–water partition coefficient (Wildman–Crippen LogP) is 1.74. The molecule has 0 bridgehead atoms. The van der Waals surface area contributed by atoms with Gasteiger partial charge in [0.05, 0.1) is 29.9 Å². The average Bonchev–Trinajstić information content (AvgIpc) is 3.29. The molecule has 3 rings (SSSR count). The Hall–Kier alpha value is -2.81. The van der Waals surface area contributed by atoms with E-state index in [1.807, 2.05) is 6.07 Å². The number of furan rings is 1. The number of nitrogens with one attached hydrogen (secondary N) is 2. The molecule has 0 spiro atoms. The summed E-state index contributed by atoms with van der Waals surface area (Å²) in [4.78, 5) is 24.8. The van der Waals surface area contributed by atoms with Crippen molar-refractivity contribution in [2.75, 3.05) is 16.8 Å². The highest BCUT2D eigenvalue weighted by atomic mass is 32.2. The van der Waals surface area contributed by atoms with Gasteiger partial charge in [-0.2, -0.15) is 0 Å². The number of rotatable bonds is 7. The molecule has 2 atom stereocenters. The SMILES string of the molecule is C[C@@H](OC(=O)c1ccccc1NCc1ccco1)C(=O)N[C@@H]1CCS(=O)(=O)C1. The number of hydrogen-bond acceptors (Lipinski definition) is 7. The minimum atomic E-state index is -3.10. The Labute approximate surface area is 163 Å². The van der Waals surface area contributed by atoms with Crippen LogP contribution in [0.15, 0.2) is 47.1 Å². The molecule has 1 aliphatic rings. The summed E-state index contributed by atoms with van der Waals surface area (Å²) in [6.45, 7) is 1.85. The largest absolute Gasteiger partial charge is 0.467 e. The second-order valence-electron chi connectivity index (χ2n) is 6.63. The topological polar surface area (TPSA) is 115 Å². The summed E-state index contributed by atoms with van der Waals surface area (Å²) in [6.07, 6.45) is 0.885. The molecule has 1 fully saturated rings. The third-order valence-corrected chi connectivity index (χ3v) is 6.18. The van der Waals surface area contributed by atoms with Crippen LogP contribution in [-0.4, -0.2) is 43.9 Å². The molecule has 1 aromatic carbocycles. The lowest BCUT2D eigenvalue weighted by Gasteiger charge is -2.17. The van der Waals surface area contributed by atoms with Gasteiger partial charge in [0.25, 0.3) is 5.91 Å². The summed E-state index contributed by atoms with van der Waals surface area (Å²) in [7, 11) is -3.10. The first-order chi connectivity index (χ1) is 13.3. The van der Waals surface area contributed by atoms with Crippen LogP contribution in [0.2, 0.25) is 0 Å². The summed E-state index contributed by atoms with van der Waals surface area (Å²) in [5.41, 5.74) is 0.843. The molecule has 0 aliphatic carbocycles. The molecule has 8 nitrogen and oxygen atoms in total. The molecule has 0 unspecified atom stereocenters. The lowest BCUT2D eigenvalue weighted by Crippen LogP contribution is -2.42. The molecular weight excluding hydrogens is 384 g/mol. The van der Waals surface area contributed by atoms with Crippen LogP contribution in [0.5, 0.6) is 0 Å². The normalized spacial score (nSPS) is 19.0. The molecule has 150 valence electrons.